The van der Waals surface area contributed by atoms with Gasteiger partial charge < -0.3 is 12.7 Å². The van der Waals surface area contributed by atoms with Crippen molar-refractivity contribution in [1.82, 2.24) is 0 Å². The molecule has 0 aromatic rings. The van der Waals surface area contributed by atoms with Crippen molar-refractivity contribution in [3.63, 3.8) is 0 Å². The third kappa shape index (κ3) is 12.3. The van der Waals surface area contributed by atoms with Crippen molar-refractivity contribution in [2.24, 2.45) is 5.73 Å². The second-order valence-corrected chi connectivity index (χ2v) is 0.642. The summed E-state index contributed by atoms with van der Waals surface area (Å²) >= 11 is 0. The summed E-state index contributed by atoms with van der Waals surface area (Å²) in [5.41, 5.74) is 4.97. The van der Waals surface area contributed by atoms with Gasteiger partial charge in [0, 0.05) is 0 Å². The molecule has 2 heteroatoms. The summed E-state index contributed by atoms with van der Waals surface area (Å²) in [6.07, 6.45) is 0.847. The molecule has 0 rings (SSSR count). The van der Waals surface area contributed by atoms with Gasteiger partial charge in [0.1, 0.15) is 0 Å². The van der Waals surface area contributed by atoms with Gasteiger partial charge in [0.2, 0.25) is 0 Å². The first kappa shape index (κ1) is 9.12. The topological polar surface area (TPSA) is 26.0 Å². The van der Waals surface area contributed by atoms with Gasteiger partial charge in [-0.15, -0.1) is 0 Å². The SMILES string of the molecule is [CH2-]CCN.[Li+]. The van der Waals surface area contributed by atoms with Crippen molar-refractivity contribution in [3.8, 4) is 0 Å². The van der Waals surface area contributed by atoms with Crippen LogP contribution in [0.25, 0.3) is 0 Å². The molecule has 0 aromatic carbocycles. The molecule has 26 valence electrons. The molecule has 2 N–H and O–H groups in total. The fraction of sp³-hybridized carbons (Fsp3) is 0.667. The quantitative estimate of drug-likeness (QED) is 0.259. The second kappa shape index (κ2) is 8.82. The van der Waals surface area contributed by atoms with Gasteiger partial charge in [-0.05, 0) is 6.54 Å². The van der Waals surface area contributed by atoms with Crippen molar-refractivity contribution in [2.75, 3.05) is 6.54 Å². The van der Waals surface area contributed by atoms with Crippen LogP contribution in [0.2, 0.25) is 0 Å². The van der Waals surface area contributed by atoms with E-state index in [9.17, 15) is 0 Å². The number of nitrogens with two attached hydrogens (primary N) is 1. The molecule has 0 aromatic heterocycles. The summed E-state index contributed by atoms with van der Waals surface area (Å²) in [4.78, 5) is 0. The van der Waals surface area contributed by atoms with Crippen LogP contribution in [0.1, 0.15) is 6.42 Å². The predicted octanol–water partition coefficient (Wildman–Crippen LogP) is -2.83. The van der Waals surface area contributed by atoms with E-state index in [1.807, 2.05) is 0 Å². The molecule has 0 radical (unpaired) electrons. The van der Waals surface area contributed by atoms with Gasteiger partial charge in [-0.25, -0.2) is 0 Å². The summed E-state index contributed by atoms with van der Waals surface area (Å²) in [6, 6.07) is 0. The first-order valence-electron chi connectivity index (χ1n) is 1.41. The van der Waals surface area contributed by atoms with Crippen molar-refractivity contribution in [1.29, 1.82) is 0 Å². The minimum atomic E-state index is 0. The fourth-order valence-corrected chi connectivity index (χ4v) is 0. The first-order valence-corrected chi connectivity index (χ1v) is 1.41. The van der Waals surface area contributed by atoms with E-state index in [2.05, 4.69) is 6.92 Å². The van der Waals surface area contributed by atoms with E-state index in [4.69, 9.17) is 5.73 Å². The number of hydrogen-bond acceptors (Lipinski definition) is 1. The Hall–Kier alpha value is 0.557. The van der Waals surface area contributed by atoms with Crippen molar-refractivity contribution in [2.45, 2.75) is 6.42 Å². The summed E-state index contributed by atoms with van der Waals surface area (Å²) in [5, 5.41) is 0. The third-order valence-electron chi connectivity index (χ3n) is 0.204. The van der Waals surface area contributed by atoms with Gasteiger partial charge in [0.05, 0.1) is 0 Å². The van der Waals surface area contributed by atoms with Crippen LogP contribution in [0.3, 0.4) is 0 Å². The van der Waals surface area contributed by atoms with Crippen LogP contribution in [0.4, 0.5) is 0 Å². The Morgan fingerprint density at radius 3 is 1.80 bits per heavy atom. The summed E-state index contributed by atoms with van der Waals surface area (Å²) in [5.74, 6) is 0. The largest absolute Gasteiger partial charge is 1.00 e. The van der Waals surface area contributed by atoms with Crippen LogP contribution in [0, 0.1) is 6.92 Å². The van der Waals surface area contributed by atoms with E-state index in [0.29, 0.717) is 6.54 Å². The van der Waals surface area contributed by atoms with Crippen molar-refractivity contribution >= 4 is 0 Å². The average Bonchev–Trinajstić information content (AvgIpc) is 1.37. The van der Waals surface area contributed by atoms with E-state index in [0.717, 1.165) is 6.42 Å². The first-order chi connectivity index (χ1) is 1.91. The third-order valence-corrected chi connectivity index (χ3v) is 0.204. The Labute approximate surface area is 45.1 Å². The molecular weight excluding hydrogens is 57.0 g/mol. The van der Waals surface area contributed by atoms with Gasteiger partial charge in [-0.2, -0.15) is 6.42 Å². The maximum atomic E-state index is 4.97. The molecule has 0 heterocycles. The zero-order valence-corrected chi connectivity index (χ0v) is 3.70. The molecule has 0 atom stereocenters. The van der Waals surface area contributed by atoms with Gasteiger partial charge in [0.15, 0.2) is 0 Å². The van der Waals surface area contributed by atoms with Crippen molar-refractivity contribution in [3.05, 3.63) is 6.92 Å². The predicted molar refractivity (Wildman–Crippen MR) is 19.0 cm³/mol. The molecule has 1 nitrogen and oxygen atoms in total. The molecule has 0 aliphatic heterocycles. The normalized spacial score (nSPS) is 6.00. The van der Waals surface area contributed by atoms with Crippen LogP contribution in [0.5, 0.6) is 0 Å². The fourth-order valence-electron chi connectivity index (χ4n) is 0. The Balaban J connectivity index is 0. The zero-order chi connectivity index (χ0) is 3.41. The van der Waals surface area contributed by atoms with E-state index in [-0.39, 0.29) is 18.9 Å². The van der Waals surface area contributed by atoms with Crippen LogP contribution in [-0.4, -0.2) is 6.54 Å². The second-order valence-electron chi connectivity index (χ2n) is 0.642. The summed E-state index contributed by atoms with van der Waals surface area (Å²) in [6.45, 7) is 4.19. The smallest absolute Gasteiger partial charge is 0.342 e. The molecule has 0 saturated heterocycles. The van der Waals surface area contributed by atoms with Gasteiger partial charge in [0.25, 0.3) is 0 Å². The molecule has 0 spiro atoms. The van der Waals surface area contributed by atoms with E-state index < -0.39 is 0 Å². The Morgan fingerprint density at radius 1 is 1.60 bits per heavy atom. The van der Waals surface area contributed by atoms with Gasteiger partial charge in [-0.3, -0.25) is 0 Å². The minimum Gasteiger partial charge on any atom is -0.342 e. The monoisotopic (exact) mass is 65.1 g/mol. The van der Waals surface area contributed by atoms with E-state index in [1.165, 1.54) is 0 Å². The maximum Gasteiger partial charge on any atom is 1.00 e. The van der Waals surface area contributed by atoms with Crippen LogP contribution >= 0.6 is 0 Å². The molecule has 0 saturated carbocycles. The molecule has 0 unspecified atom stereocenters. The molecule has 0 aliphatic carbocycles. The number of hydrogen-bond donors (Lipinski definition) is 1. The van der Waals surface area contributed by atoms with Crippen LogP contribution < -0.4 is 24.6 Å². The Kier molecular flexibility index (Phi) is 16.1. The summed E-state index contributed by atoms with van der Waals surface area (Å²) in [7, 11) is 0. The molecule has 0 fully saturated rings. The molecular formula is C3H8LiN. The molecule has 0 bridgehead atoms. The Morgan fingerprint density at radius 2 is 1.80 bits per heavy atom. The standard InChI is InChI=1S/C3H8N.Li/c1-2-3-4;/h1-4H2;/q-1;+1. The number of rotatable bonds is 1. The van der Waals surface area contributed by atoms with E-state index in [1.54, 1.807) is 0 Å². The van der Waals surface area contributed by atoms with Crippen LogP contribution in [-0.2, 0) is 0 Å². The van der Waals surface area contributed by atoms with Crippen LogP contribution in [0.15, 0.2) is 0 Å². The summed E-state index contributed by atoms with van der Waals surface area (Å²) < 4.78 is 0. The average molecular weight is 65.0 g/mol. The van der Waals surface area contributed by atoms with Crippen molar-refractivity contribution < 1.29 is 18.9 Å². The van der Waals surface area contributed by atoms with Gasteiger partial charge >= 0.3 is 18.9 Å². The Bertz CT molecular complexity index is 8.85. The van der Waals surface area contributed by atoms with E-state index >= 15 is 0 Å². The minimum absolute atomic E-state index is 0. The maximum absolute atomic E-state index is 4.97. The molecule has 0 amide bonds. The van der Waals surface area contributed by atoms with Gasteiger partial charge in [-0.1, -0.05) is 0 Å². The molecule has 0 aliphatic rings. The zero-order valence-electron chi connectivity index (χ0n) is 3.70. The molecule has 5 heavy (non-hydrogen) atoms.